The first-order chi connectivity index (χ1) is 12.6. The maximum absolute atomic E-state index is 12.8. The van der Waals surface area contributed by atoms with Gasteiger partial charge in [-0.25, -0.2) is 8.42 Å². The maximum atomic E-state index is 12.8. The van der Waals surface area contributed by atoms with Crippen molar-refractivity contribution >= 4 is 15.8 Å². The van der Waals surface area contributed by atoms with Crippen molar-refractivity contribution in [3.05, 3.63) is 42.6 Å². The Kier molecular flexibility index (Phi) is 6.05. The minimum atomic E-state index is -3.49. The topological polar surface area (TPSA) is 75.6 Å². The number of aromatic nitrogens is 2. The molecule has 0 amide bonds. The van der Waals surface area contributed by atoms with Crippen LogP contribution in [0.3, 0.4) is 0 Å². The number of rotatable bonds is 7. The quantitative estimate of drug-likeness (QED) is 0.690. The molecule has 140 valence electrons. The Labute approximate surface area is 154 Å². The summed E-state index contributed by atoms with van der Waals surface area (Å²) in [5, 5.41) is 7.96. The number of anilines is 1. The van der Waals surface area contributed by atoms with E-state index in [0.29, 0.717) is 43.4 Å². The standard InChI is InChI=1S/C18H24N4O3S/c1-2-3-15-25-16-6-8-17(9-7-16)26(23,24)22-13-11-21(12-14-22)18-5-4-10-19-20-18/h4-10H,2-3,11-15H2,1H3. The van der Waals surface area contributed by atoms with E-state index < -0.39 is 10.0 Å². The zero-order valence-electron chi connectivity index (χ0n) is 14.9. The molecule has 0 saturated carbocycles. The number of hydrogen-bond donors (Lipinski definition) is 0. The molecule has 2 aromatic rings. The number of unbranched alkanes of at least 4 members (excludes halogenated alkanes) is 1. The monoisotopic (exact) mass is 376 g/mol. The van der Waals surface area contributed by atoms with E-state index in [1.165, 1.54) is 4.31 Å². The minimum absolute atomic E-state index is 0.299. The fraction of sp³-hybridized carbons (Fsp3) is 0.444. The van der Waals surface area contributed by atoms with Gasteiger partial charge in [0, 0.05) is 32.4 Å². The number of hydrogen-bond acceptors (Lipinski definition) is 6. The van der Waals surface area contributed by atoms with Gasteiger partial charge in [0.15, 0.2) is 5.82 Å². The summed E-state index contributed by atoms with van der Waals surface area (Å²) in [4.78, 5) is 2.34. The Morgan fingerprint density at radius 2 is 1.81 bits per heavy atom. The largest absolute Gasteiger partial charge is 0.494 e. The molecule has 0 radical (unpaired) electrons. The molecule has 0 unspecified atom stereocenters. The molecule has 0 atom stereocenters. The van der Waals surface area contributed by atoms with Crippen molar-refractivity contribution in [3.63, 3.8) is 0 Å². The molecule has 1 aromatic carbocycles. The molecule has 1 aromatic heterocycles. The second-order valence-electron chi connectivity index (χ2n) is 6.15. The third-order valence-electron chi connectivity index (χ3n) is 4.35. The van der Waals surface area contributed by atoms with Crippen LogP contribution in [0.5, 0.6) is 5.75 Å². The van der Waals surface area contributed by atoms with Crippen LogP contribution >= 0.6 is 0 Å². The van der Waals surface area contributed by atoms with E-state index in [9.17, 15) is 8.42 Å². The average Bonchev–Trinajstić information content (AvgIpc) is 2.69. The van der Waals surface area contributed by atoms with Gasteiger partial charge in [-0.05, 0) is 42.8 Å². The summed E-state index contributed by atoms with van der Waals surface area (Å²) >= 11 is 0. The molecular weight excluding hydrogens is 352 g/mol. The lowest BCUT2D eigenvalue weighted by Gasteiger charge is -2.34. The van der Waals surface area contributed by atoms with Gasteiger partial charge in [-0.15, -0.1) is 5.10 Å². The van der Waals surface area contributed by atoms with Crippen LogP contribution in [-0.2, 0) is 10.0 Å². The normalized spacial score (nSPS) is 15.8. The van der Waals surface area contributed by atoms with E-state index in [4.69, 9.17) is 4.74 Å². The Hall–Kier alpha value is -2.19. The fourth-order valence-corrected chi connectivity index (χ4v) is 4.23. The van der Waals surface area contributed by atoms with Gasteiger partial charge < -0.3 is 9.64 Å². The number of ether oxygens (including phenoxy) is 1. The van der Waals surface area contributed by atoms with Crippen molar-refractivity contribution in [1.29, 1.82) is 0 Å². The van der Waals surface area contributed by atoms with E-state index in [0.717, 1.165) is 18.7 Å². The maximum Gasteiger partial charge on any atom is 0.243 e. The van der Waals surface area contributed by atoms with Crippen LogP contribution in [0.1, 0.15) is 19.8 Å². The number of piperazine rings is 1. The van der Waals surface area contributed by atoms with Crippen LogP contribution in [-0.4, -0.2) is 55.7 Å². The molecule has 3 rings (SSSR count). The van der Waals surface area contributed by atoms with Crippen LogP contribution in [0, 0.1) is 0 Å². The molecule has 1 fully saturated rings. The third-order valence-corrected chi connectivity index (χ3v) is 6.26. The summed E-state index contributed by atoms with van der Waals surface area (Å²) in [5.74, 6) is 1.48. The van der Waals surface area contributed by atoms with Gasteiger partial charge in [-0.3, -0.25) is 0 Å². The van der Waals surface area contributed by atoms with Gasteiger partial charge in [0.1, 0.15) is 5.75 Å². The lowest BCUT2D eigenvalue weighted by Crippen LogP contribution is -2.48. The zero-order valence-corrected chi connectivity index (χ0v) is 15.7. The van der Waals surface area contributed by atoms with E-state index in [1.54, 1.807) is 30.5 Å². The van der Waals surface area contributed by atoms with Crippen molar-refractivity contribution in [1.82, 2.24) is 14.5 Å². The first-order valence-corrected chi connectivity index (χ1v) is 10.3. The summed E-state index contributed by atoms with van der Waals surface area (Å²) in [6.07, 6.45) is 3.67. The molecule has 1 saturated heterocycles. The molecule has 2 heterocycles. The van der Waals surface area contributed by atoms with Crippen LogP contribution in [0.4, 0.5) is 5.82 Å². The first-order valence-electron chi connectivity index (χ1n) is 8.87. The molecular formula is C18H24N4O3S. The van der Waals surface area contributed by atoms with Gasteiger partial charge >= 0.3 is 0 Å². The second kappa shape index (κ2) is 8.46. The van der Waals surface area contributed by atoms with Gasteiger partial charge in [-0.2, -0.15) is 9.40 Å². The van der Waals surface area contributed by atoms with Crippen molar-refractivity contribution in [2.45, 2.75) is 24.7 Å². The first kappa shape index (κ1) is 18.6. The summed E-state index contributed by atoms with van der Waals surface area (Å²) in [6, 6.07) is 10.4. The van der Waals surface area contributed by atoms with Crippen LogP contribution < -0.4 is 9.64 Å². The molecule has 26 heavy (non-hydrogen) atoms. The van der Waals surface area contributed by atoms with Crippen molar-refractivity contribution in [3.8, 4) is 5.75 Å². The van der Waals surface area contributed by atoms with E-state index in [1.807, 2.05) is 17.0 Å². The lowest BCUT2D eigenvalue weighted by molar-refractivity contribution is 0.309. The highest BCUT2D eigenvalue weighted by Crippen LogP contribution is 2.22. The molecule has 8 heteroatoms. The summed E-state index contributed by atoms with van der Waals surface area (Å²) in [5.41, 5.74) is 0. The summed E-state index contributed by atoms with van der Waals surface area (Å²) in [7, 11) is -3.49. The highest BCUT2D eigenvalue weighted by Gasteiger charge is 2.28. The lowest BCUT2D eigenvalue weighted by atomic mass is 10.3. The predicted octanol–water partition coefficient (Wildman–Crippen LogP) is 2.17. The van der Waals surface area contributed by atoms with Crippen molar-refractivity contribution in [2.24, 2.45) is 0 Å². The Bertz CT molecular complexity index is 789. The zero-order chi connectivity index (χ0) is 18.4. The van der Waals surface area contributed by atoms with Crippen LogP contribution in [0.15, 0.2) is 47.5 Å². The number of sulfonamides is 1. The van der Waals surface area contributed by atoms with Crippen LogP contribution in [0.2, 0.25) is 0 Å². The molecule has 7 nitrogen and oxygen atoms in total. The Morgan fingerprint density at radius 1 is 1.08 bits per heavy atom. The SMILES string of the molecule is CCCCOc1ccc(S(=O)(=O)N2CCN(c3cccnn3)CC2)cc1. The van der Waals surface area contributed by atoms with E-state index in [-0.39, 0.29) is 0 Å². The van der Waals surface area contributed by atoms with Gasteiger partial charge in [0.2, 0.25) is 10.0 Å². The summed E-state index contributed by atoms with van der Waals surface area (Å²) in [6.45, 7) is 4.78. The smallest absolute Gasteiger partial charge is 0.243 e. The van der Waals surface area contributed by atoms with Crippen LogP contribution in [0.25, 0.3) is 0 Å². The molecule has 0 spiro atoms. The van der Waals surface area contributed by atoms with Crippen molar-refractivity contribution < 1.29 is 13.2 Å². The van der Waals surface area contributed by atoms with Gasteiger partial charge in [0.25, 0.3) is 0 Å². The van der Waals surface area contributed by atoms with Gasteiger partial charge in [0.05, 0.1) is 11.5 Å². The molecule has 1 aliphatic heterocycles. The molecule has 1 aliphatic rings. The second-order valence-corrected chi connectivity index (χ2v) is 8.08. The fourth-order valence-electron chi connectivity index (χ4n) is 2.81. The van der Waals surface area contributed by atoms with Gasteiger partial charge in [-0.1, -0.05) is 13.3 Å². The Morgan fingerprint density at radius 3 is 2.42 bits per heavy atom. The highest BCUT2D eigenvalue weighted by atomic mass is 32.2. The minimum Gasteiger partial charge on any atom is -0.494 e. The Balaban J connectivity index is 1.62. The van der Waals surface area contributed by atoms with E-state index in [2.05, 4.69) is 17.1 Å². The van der Waals surface area contributed by atoms with E-state index >= 15 is 0 Å². The van der Waals surface area contributed by atoms with Crippen molar-refractivity contribution in [2.75, 3.05) is 37.7 Å². The predicted molar refractivity (Wildman–Crippen MR) is 99.8 cm³/mol. The molecule has 0 aliphatic carbocycles. The number of benzene rings is 1. The highest BCUT2D eigenvalue weighted by molar-refractivity contribution is 7.89. The average molecular weight is 376 g/mol. The molecule has 0 bridgehead atoms. The summed E-state index contributed by atoms with van der Waals surface area (Å²) < 4.78 is 32.8. The third kappa shape index (κ3) is 4.31. The number of nitrogens with zero attached hydrogens (tertiary/aromatic N) is 4. The molecule has 0 N–H and O–H groups in total.